The van der Waals surface area contributed by atoms with Crippen molar-refractivity contribution in [3.05, 3.63) is 60.8 Å². The molecular formula is C14H11N5O2. The van der Waals surface area contributed by atoms with E-state index in [9.17, 15) is 9.90 Å². The fourth-order valence-electron chi connectivity index (χ4n) is 1.76. The summed E-state index contributed by atoms with van der Waals surface area (Å²) in [7, 11) is 0. The molecule has 0 spiro atoms. The summed E-state index contributed by atoms with van der Waals surface area (Å²) in [5, 5.41) is 16.0. The van der Waals surface area contributed by atoms with Gasteiger partial charge in [0.2, 0.25) is 0 Å². The Kier molecular flexibility index (Phi) is 3.30. The maximum atomic E-state index is 12.0. The van der Waals surface area contributed by atoms with Gasteiger partial charge >= 0.3 is 0 Å². The van der Waals surface area contributed by atoms with Gasteiger partial charge < -0.3 is 10.4 Å². The fraction of sp³-hybridized carbons (Fsp3) is 0. The molecule has 0 aliphatic rings. The van der Waals surface area contributed by atoms with Crippen LogP contribution in [-0.2, 0) is 0 Å². The van der Waals surface area contributed by atoms with Crippen LogP contribution in [0.1, 0.15) is 10.4 Å². The molecule has 104 valence electrons. The molecule has 0 fully saturated rings. The lowest BCUT2D eigenvalue weighted by Gasteiger charge is -2.06. The molecule has 0 aromatic carbocycles. The minimum absolute atomic E-state index is 0.0604. The first-order chi connectivity index (χ1) is 10.2. The Hall–Kier alpha value is -3.22. The summed E-state index contributed by atoms with van der Waals surface area (Å²) in [5.41, 5.74) is 0.811. The number of anilines is 1. The summed E-state index contributed by atoms with van der Waals surface area (Å²) >= 11 is 0. The van der Waals surface area contributed by atoms with E-state index in [1.807, 2.05) is 0 Å². The average molecular weight is 281 g/mol. The topological polar surface area (TPSA) is 92.9 Å². The van der Waals surface area contributed by atoms with Gasteiger partial charge in [-0.1, -0.05) is 0 Å². The highest BCUT2D eigenvalue weighted by Crippen LogP contribution is 2.13. The minimum atomic E-state index is -0.368. The van der Waals surface area contributed by atoms with Crippen molar-refractivity contribution in [1.29, 1.82) is 0 Å². The molecule has 0 unspecified atom stereocenters. The van der Waals surface area contributed by atoms with Crippen molar-refractivity contribution < 1.29 is 9.90 Å². The van der Waals surface area contributed by atoms with Gasteiger partial charge in [-0.05, 0) is 24.3 Å². The molecule has 7 heteroatoms. The molecule has 3 aromatic heterocycles. The van der Waals surface area contributed by atoms with E-state index in [4.69, 9.17) is 0 Å². The van der Waals surface area contributed by atoms with Crippen LogP contribution < -0.4 is 5.32 Å². The lowest BCUT2D eigenvalue weighted by Crippen LogP contribution is -2.12. The summed E-state index contributed by atoms with van der Waals surface area (Å²) < 4.78 is 1.62. The average Bonchev–Trinajstić information content (AvgIpc) is 3.02. The third-order valence-corrected chi connectivity index (χ3v) is 2.73. The predicted molar refractivity (Wildman–Crippen MR) is 75.2 cm³/mol. The molecule has 0 saturated heterocycles. The van der Waals surface area contributed by atoms with Gasteiger partial charge in [0.05, 0.1) is 23.6 Å². The molecule has 0 atom stereocenters. The zero-order chi connectivity index (χ0) is 14.7. The highest BCUT2D eigenvalue weighted by Gasteiger charge is 2.08. The number of nitrogens with zero attached hydrogens (tertiary/aromatic N) is 4. The molecule has 0 aliphatic heterocycles. The van der Waals surface area contributed by atoms with Crippen LogP contribution >= 0.6 is 0 Å². The minimum Gasteiger partial charge on any atom is -0.506 e. The molecule has 7 nitrogen and oxygen atoms in total. The van der Waals surface area contributed by atoms with Crippen molar-refractivity contribution >= 4 is 11.6 Å². The molecule has 0 radical (unpaired) electrons. The molecular weight excluding hydrogens is 270 g/mol. The smallest absolute Gasteiger partial charge is 0.257 e. The van der Waals surface area contributed by atoms with E-state index in [2.05, 4.69) is 20.4 Å². The third kappa shape index (κ3) is 2.86. The maximum absolute atomic E-state index is 12.0. The lowest BCUT2D eigenvalue weighted by molar-refractivity contribution is 0.102. The summed E-state index contributed by atoms with van der Waals surface area (Å²) in [6.07, 6.45) is 7.61. The van der Waals surface area contributed by atoms with Gasteiger partial charge in [0, 0.05) is 18.6 Å². The second kappa shape index (κ2) is 5.41. The molecule has 2 N–H and O–H groups in total. The highest BCUT2D eigenvalue weighted by molar-refractivity contribution is 6.04. The Morgan fingerprint density at radius 1 is 1.24 bits per heavy atom. The molecule has 0 bridgehead atoms. The first-order valence-electron chi connectivity index (χ1n) is 6.14. The Bertz CT molecular complexity index is 753. The van der Waals surface area contributed by atoms with Crippen LogP contribution in [0.5, 0.6) is 5.75 Å². The number of carbonyl (C=O) groups excluding carboxylic acids is 1. The summed E-state index contributed by atoms with van der Waals surface area (Å²) in [6, 6.07) is 6.60. The van der Waals surface area contributed by atoms with E-state index >= 15 is 0 Å². The van der Waals surface area contributed by atoms with E-state index in [0.717, 1.165) is 0 Å². The number of amides is 1. The summed E-state index contributed by atoms with van der Waals surface area (Å²) in [5.74, 6) is 0.221. The van der Waals surface area contributed by atoms with Crippen molar-refractivity contribution in [2.75, 3.05) is 5.32 Å². The Morgan fingerprint density at radius 2 is 2.14 bits per heavy atom. The predicted octanol–water partition coefficient (Wildman–Crippen LogP) is 1.62. The molecule has 0 aliphatic carbocycles. The maximum Gasteiger partial charge on any atom is 0.257 e. The molecule has 21 heavy (non-hydrogen) atoms. The van der Waals surface area contributed by atoms with Crippen LogP contribution in [0.3, 0.4) is 0 Å². The molecule has 3 aromatic rings. The van der Waals surface area contributed by atoms with Gasteiger partial charge in [0.25, 0.3) is 5.91 Å². The Balaban J connectivity index is 1.75. The van der Waals surface area contributed by atoms with E-state index in [1.165, 1.54) is 24.7 Å². The van der Waals surface area contributed by atoms with Gasteiger partial charge in [-0.3, -0.25) is 9.78 Å². The number of carbonyl (C=O) groups is 1. The number of aromatic nitrogens is 4. The number of pyridine rings is 2. The van der Waals surface area contributed by atoms with Crippen LogP contribution in [0.2, 0.25) is 0 Å². The largest absolute Gasteiger partial charge is 0.506 e. The number of aromatic hydroxyl groups is 1. The Labute approximate surface area is 119 Å². The van der Waals surface area contributed by atoms with Gasteiger partial charge in [0.1, 0.15) is 5.75 Å². The SMILES string of the molecule is O=C(Nc1ccc(-n2cccn2)nc1)c1cncc(O)c1. The quantitative estimate of drug-likeness (QED) is 0.761. The van der Waals surface area contributed by atoms with Crippen molar-refractivity contribution in [2.45, 2.75) is 0 Å². The number of rotatable bonds is 3. The first-order valence-corrected chi connectivity index (χ1v) is 6.14. The van der Waals surface area contributed by atoms with Crippen LogP contribution in [-0.4, -0.2) is 30.8 Å². The standard InChI is InChI=1S/C14H11N5O2/c20-12-6-10(7-15-9-12)14(21)18-11-2-3-13(16-8-11)19-5-1-4-17-19/h1-9,20H,(H,18,21). The summed E-state index contributed by atoms with van der Waals surface area (Å²) in [6.45, 7) is 0. The van der Waals surface area contributed by atoms with Crippen LogP contribution in [0, 0.1) is 0 Å². The van der Waals surface area contributed by atoms with Gasteiger partial charge in [0.15, 0.2) is 5.82 Å². The van der Waals surface area contributed by atoms with Crippen molar-refractivity contribution in [2.24, 2.45) is 0 Å². The third-order valence-electron chi connectivity index (χ3n) is 2.73. The number of hydrogen-bond donors (Lipinski definition) is 2. The van der Waals surface area contributed by atoms with Crippen molar-refractivity contribution in [1.82, 2.24) is 19.7 Å². The molecule has 0 saturated carbocycles. The van der Waals surface area contributed by atoms with E-state index in [-0.39, 0.29) is 17.2 Å². The number of nitrogens with one attached hydrogen (secondary N) is 1. The molecule has 1 amide bonds. The normalized spacial score (nSPS) is 10.3. The van der Waals surface area contributed by atoms with Crippen molar-refractivity contribution in [3.8, 4) is 11.6 Å². The highest BCUT2D eigenvalue weighted by atomic mass is 16.3. The Morgan fingerprint density at radius 3 is 2.81 bits per heavy atom. The van der Waals surface area contributed by atoms with Crippen LogP contribution in [0.15, 0.2) is 55.2 Å². The van der Waals surface area contributed by atoms with Crippen LogP contribution in [0.4, 0.5) is 5.69 Å². The van der Waals surface area contributed by atoms with Gasteiger partial charge in [-0.25, -0.2) is 9.67 Å². The molecule has 3 heterocycles. The second-order valence-corrected chi connectivity index (χ2v) is 4.24. The molecule has 3 rings (SSSR count). The van der Waals surface area contributed by atoms with Crippen molar-refractivity contribution in [3.63, 3.8) is 0 Å². The number of hydrogen-bond acceptors (Lipinski definition) is 5. The van der Waals surface area contributed by atoms with E-state index < -0.39 is 0 Å². The van der Waals surface area contributed by atoms with E-state index in [0.29, 0.717) is 11.5 Å². The zero-order valence-electron chi connectivity index (χ0n) is 10.8. The monoisotopic (exact) mass is 281 g/mol. The lowest BCUT2D eigenvalue weighted by atomic mass is 10.2. The van der Waals surface area contributed by atoms with Gasteiger partial charge in [-0.2, -0.15) is 5.10 Å². The summed E-state index contributed by atoms with van der Waals surface area (Å²) in [4.78, 5) is 19.9. The van der Waals surface area contributed by atoms with Crippen LogP contribution in [0.25, 0.3) is 5.82 Å². The first kappa shape index (κ1) is 12.8. The zero-order valence-corrected chi connectivity index (χ0v) is 10.8. The van der Waals surface area contributed by atoms with Gasteiger partial charge in [-0.15, -0.1) is 0 Å². The fourth-order valence-corrected chi connectivity index (χ4v) is 1.76. The van der Waals surface area contributed by atoms with E-state index in [1.54, 1.807) is 35.3 Å². The second-order valence-electron chi connectivity index (χ2n) is 4.24.